The van der Waals surface area contributed by atoms with Crippen LogP contribution in [0.15, 0.2) is 16.6 Å². The van der Waals surface area contributed by atoms with E-state index in [0.717, 1.165) is 12.8 Å². The molecule has 1 aromatic rings. The monoisotopic (exact) mass is 255 g/mol. The van der Waals surface area contributed by atoms with Crippen LogP contribution in [-0.4, -0.2) is 5.11 Å². The van der Waals surface area contributed by atoms with Crippen molar-refractivity contribution in [3.63, 3.8) is 0 Å². The number of hydrogen-bond acceptors (Lipinski definition) is 2. The molecule has 14 heavy (non-hydrogen) atoms. The quantitative estimate of drug-likeness (QED) is 0.839. The van der Waals surface area contributed by atoms with Crippen molar-refractivity contribution in [2.75, 3.05) is 0 Å². The maximum Gasteiger partial charge on any atom is 0.178 e. The third-order valence-corrected chi connectivity index (χ3v) is 3.10. The zero-order valence-electron chi connectivity index (χ0n) is 7.22. The van der Waals surface area contributed by atoms with Gasteiger partial charge in [-0.2, -0.15) is 5.26 Å². The van der Waals surface area contributed by atoms with E-state index in [9.17, 15) is 9.50 Å². The zero-order valence-corrected chi connectivity index (χ0v) is 8.81. The van der Waals surface area contributed by atoms with E-state index in [4.69, 9.17) is 5.26 Å². The Bertz CT molecular complexity index is 411. The van der Waals surface area contributed by atoms with Crippen LogP contribution in [0, 0.1) is 17.1 Å². The van der Waals surface area contributed by atoms with Gasteiger partial charge in [-0.05, 0) is 46.5 Å². The molecule has 0 heterocycles. The molecule has 0 atom stereocenters. The number of aromatic hydroxyl groups is 1. The first-order valence-electron chi connectivity index (χ1n) is 4.19. The Morgan fingerprint density at radius 2 is 2.14 bits per heavy atom. The molecule has 4 heteroatoms. The summed E-state index contributed by atoms with van der Waals surface area (Å²) in [6, 6.07) is 5.08. The molecule has 1 aromatic carbocycles. The minimum atomic E-state index is -0.678. The van der Waals surface area contributed by atoms with Crippen LogP contribution < -0.4 is 0 Å². The molecule has 72 valence electrons. The van der Waals surface area contributed by atoms with Gasteiger partial charge in [0.2, 0.25) is 0 Å². The number of rotatable bonds is 1. The molecule has 0 aliphatic heterocycles. The highest BCUT2D eigenvalue weighted by Gasteiger charge is 2.45. The number of halogens is 2. The van der Waals surface area contributed by atoms with Crippen molar-refractivity contribution in [3.05, 3.63) is 28.0 Å². The molecular formula is C10H7BrFNO. The van der Waals surface area contributed by atoms with Crippen LogP contribution in [-0.2, 0) is 5.41 Å². The van der Waals surface area contributed by atoms with Gasteiger partial charge >= 0.3 is 0 Å². The van der Waals surface area contributed by atoms with Gasteiger partial charge in [-0.1, -0.05) is 0 Å². The van der Waals surface area contributed by atoms with Gasteiger partial charge in [0, 0.05) is 0 Å². The summed E-state index contributed by atoms with van der Waals surface area (Å²) in [5, 5.41) is 18.2. The van der Waals surface area contributed by atoms with Gasteiger partial charge in [0.1, 0.15) is 0 Å². The van der Waals surface area contributed by atoms with Crippen molar-refractivity contribution < 1.29 is 9.50 Å². The third kappa shape index (κ3) is 1.28. The molecule has 1 aliphatic carbocycles. The summed E-state index contributed by atoms with van der Waals surface area (Å²) in [5.74, 6) is -1.08. The van der Waals surface area contributed by atoms with Crippen LogP contribution >= 0.6 is 15.9 Å². The van der Waals surface area contributed by atoms with Crippen LogP contribution in [0.5, 0.6) is 5.75 Å². The number of phenolic OH excluding ortho intramolecular Hbond substituents is 1. The SMILES string of the molecule is N#CC1(c2cc(O)c(F)c(Br)c2)CC1. The standard InChI is InChI=1S/C10H7BrFNO/c11-7-3-6(4-8(14)9(7)12)10(5-13)1-2-10/h3-4,14H,1-2H2. The van der Waals surface area contributed by atoms with Crippen molar-refractivity contribution in [2.45, 2.75) is 18.3 Å². The lowest BCUT2D eigenvalue weighted by Crippen LogP contribution is -2.02. The fraction of sp³-hybridized carbons (Fsp3) is 0.300. The molecule has 1 N–H and O–H groups in total. The summed E-state index contributed by atoms with van der Waals surface area (Å²) in [4.78, 5) is 0. The smallest absolute Gasteiger partial charge is 0.178 e. The lowest BCUT2D eigenvalue weighted by atomic mass is 9.97. The first-order valence-corrected chi connectivity index (χ1v) is 4.98. The normalized spacial score (nSPS) is 17.5. The molecule has 0 aromatic heterocycles. The van der Waals surface area contributed by atoms with E-state index in [0.29, 0.717) is 5.56 Å². The summed E-state index contributed by atoms with van der Waals surface area (Å²) >= 11 is 3.00. The summed E-state index contributed by atoms with van der Waals surface area (Å²) in [6.45, 7) is 0. The van der Waals surface area contributed by atoms with Crippen LogP contribution in [0.1, 0.15) is 18.4 Å². The number of hydrogen-bond donors (Lipinski definition) is 1. The van der Waals surface area contributed by atoms with Crippen molar-refractivity contribution in [1.82, 2.24) is 0 Å². The highest BCUT2D eigenvalue weighted by Crippen LogP contribution is 2.49. The second-order valence-corrected chi connectivity index (χ2v) is 4.34. The number of nitriles is 1. The summed E-state index contributed by atoms with van der Waals surface area (Å²) in [7, 11) is 0. The van der Waals surface area contributed by atoms with E-state index >= 15 is 0 Å². The Morgan fingerprint density at radius 1 is 1.50 bits per heavy atom. The Labute approximate surface area is 89.1 Å². The topological polar surface area (TPSA) is 44.0 Å². The van der Waals surface area contributed by atoms with E-state index in [1.807, 2.05) is 0 Å². The molecule has 0 amide bonds. The van der Waals surface area contributed by atoms with E-state index < -0.39 is 17.0 Å². The zero-order chi connectivity index (χ0) is 10.3. The second kappa shape index (κ2) is 2.96. The average molecular weight is 256 g/mol. The van der Waals surface area contributed by atoms with Crippen molar-refractivity contribution >= 4 is 15.9 Å². The Hall–Kier alpha value is -1.08. The van der Waals surface area contributed by atoms with Gasteiger partial charge in [0.05, 0.1) is 16.0 Å². The fourth-order valence-corrected chi connectivity index (χ4v) is 1.89. The van der Waals surface area contributed by atoms with Crippen molar-refractivity contribution in [1.29, 1.82) is 5.26 Å². The summed E-state index contributed by atoms with van der Waals surface area (Å²) in [6.07, 6.45) is 1.56. The maximum absolute atomic E-state index is 13.0. The van der Waals surface area contributed by atoms with Crippen LogP contribution in [0.2, 0.25) is 0 Å². The fourth-order valence-electron chi connectivity index (χ4n) is 1.44. The predicted molar refractivity (Wildman–Crippen MR) is 52.3 cm³/mol. The van der Waals surface area contributed by atoms with Crippen molar-refractivity contribution in [2.24, 2.45) is 0 Å². The molecule has 0 radical (unpaired) electrons. The van der Waals surface area contributed by atoms with E-state index in [1.54, 1.807) is 6.07 Å². The van der Waals surface area contributed by atoms with E-state index in [1.165, 1.54) is 6.07 Å². The minimum absolute atomic E-state index is 0.203. The van der Waals surface area contributed by atoms with E-state index in [-0.39, 0.29) is 4.47 Å². The molecule has 2 nitrogen and oxygen atoms in total. The van der Waals surface area contributed by atoms with E-state index in [2.05, 4.69) is 22.0 Å². The second-order valence-electron chi connectivity index (χ2n) is 3.49. The maximum atomic E-state index is 13.0. The Kier molecular flexibility index (Phi) is 2.00. The van der Waals surface area contributed by atoms with Gasteiger partial charge in [0.15, 0.2) is 11.6 Å². The van der Waals surface area contributed by atoms with Gasteiger partial charge in [-0.3, -0.25) is 0 Å². The minimum Gasteiger partial charge on any atom is -0.505 e. The molecule has 0 bridgehead atoms. The molecule has 2 rings (SSSR count). The average Bonchev–Trinajstić information content (AvgIpc) is 2.94. The first-order chi connectivity index (χ1) is 6.59. The van der Waals surface area contributed by atoms with Crippen LogP contribution in [0.4, 0.5) is 4.39 Å². The summed E-state index contributed by atoms with van der Waals surface area (Å²) in [5.41, 5.74) is 0.194. The van der Waals surface area contributed by atoms with Gasteiger partial charge in [0.25, 0.3) is 0 Å². The van der Waals surface area contributed by atoms with Gasteiger partial charge in [-0.25, -0.2) is 4.39 Å². The third-order valence-electron chi connectivity index (χ3n) is 2.53. The highest BCUT2D eigenvalue weighted by molar-refractivity contribution is 9.10. The van der Waals surface area contributed by atoms with Gasteiger partial charge < -0.3 is 5.11 Å². The van der Waals surface area contributed by atoms with Crippen LogP contribution in [0.3, 0.4) is 0 Å². The molecule has 0 saturated heterocycles. The predicted octanol–water partition coefficient (Wildman–Crippen LogP) is 2.85. The number of phenols is 1. The lowest BCUT2D eigenvalue weighted by molar-refractivity contribution is 0.429. The largest absolute Gasteiger partial charge is 0.505 e. The lowest BCUT2D eigenvalue weighted by Gasteiger charge is -2.08. The molecule has 1 saturated carbocycles. The first kappa shape index (κ1) is 9.47. The molecule has 0 spiro atoms. The molecule has 1 aliphatic rings. The van der Waals surface area contributed by atoms with Crippen LogP contribution in [0.25, 0.3) is 0 Å². The Balaban J connectivity index is 2.53. The summed E-state index contributed by atoms with van der Waals surface area (Å²) < 4.78 is 13.2. The number of nitrogens with zero attached hydrogens (tertiary/aromatic N) is 1. The van der Waals surface area contributed by atoms with Crippen molar-refractivity contribution in [3.8, 4) is 11.8 Å². The molecule has 0 unspecified atom stereocenters. The Morgan fingerprint density at radius 3 is 2.57 bits per heavy atom. The molecular weight excluding hydrogens is 249 g/mol. The van der Waals surface area contributed by atoms with Gasteiger partial charge in [-0.15, -0.1) is 0 Å². The number of benzene rings is 1. The molecule has 1 fully saturated rings. The highest BCUT2D eigenvalue weighted by atomic mass is 79.9.